The second kappa shape index (κ2) is 7.89. The third kappa shape index (κ3) is 3.26. The minimum absolute atomic E-state index is 0.114. The fourth-order valence-electron chi connectivity index (χ4n) is 5.42. The van der Waals surface area contributed by atoms with Gasteiger partial charge in [-0.1, -0.05) is 0 Å². The summed E-state index contributed by atoms with van der Waals surface area (Å²) in [5.41, 5.74) is 2.31. The molecule has 2 fully saturated rings. The molecular weight excluding hydrogens is 416 g/mol. The average molecular weight is 441 g/mol. The lowest BCUT2D eigenvalue weighted by Gasteiger charge is -2.43. The predicted octanol–water partition coefficient (Wildman–Crippen LogP) is 5.29. The van der Waals surface area contributed by atoms with Crippen molar-refractivity contribution in [3.8, 4) is 11.4 Å². The number of carbonyl (C=O) groups is 1. The first kappa shape index (κ1) is 20.9. The van der Waals surface area contributed by atoms with Crippen LogP contribution in [0.2, 0.25) is 0 Å². The Morgan fingerprint density at radius 1 is 1.09 bits per heavy atom. The number of phenols is 1. The standard InChI is InChI=1S/C25H25F2NO4/c26-14-25(24(30)31)12-16(13-25)22-20-11-19(29)5-6-21(20)28(18-3-1-17(27)2-4-18)23(22)15-7-9-32-10-8-15/h1-6,11,15-16,29H,7-10,12-14H2,(H,30,31)/t16-,25-. The number of nitrogens with zero attached hydrogens (tertiary/aromatic N) is 1. The molecule has 0 atom stereocenters. The van der Waals surface area contributed by atoms with Crippen molar-refractivity contribution in [2.75, 3.05) is 19.9 Å². The van der Waals surface area contributed by atoms with E-state index in [-0.39, 0.29) is 36.2 Å². The highest BCUT2D eigenvalue weighted by Gasteiger charge is 2.52. The van der Waals surface area contributed by atoms with Gasteiger partial charge in [0.1, 0.15) is 18.2 Å². The maximum absolute atomic E-state index is 13.7. The molecule has 7 heteroatoms. The molecule has 0 unspecified atom stereocenters. The largest absolute Gasteiger partial charge is 0.508 e. The molecule has 1 aromatic heterocycles. The maximum Gasteiger partial charge on any atom is 0.312 e. The van der Waals surface area contributed by atoms with E-state index in [0.717, 1.165) is 40.7 Å². The lowest BCUT2D eigenvalue weighted by molar-refractivity contribution is -0.157. The molecule has 5 nitrogen and oxygen atoms in total. The number of aromatic hydroxyl groups is 1. The fourth-order valence-corrected chi connectivity index (χ4v) is 5.42. The zero-order chi connectivity index (χ0) is 22.5. The lowest BCUT2D eigenvalue weighted by Crippen LogP contribution is -2.44. The summed E-state index contributed by atoms with van der Waals surface area (Å²) < 4.78 is 35.0. The smallest absolute Gasteiger partial charge is 0.312 e. The van der Waals surface area contributed by atoms with Crippen LogP contribution >= 0.6 is 0 Å². The third-order valence-electron chi connectivity index (χ3n) is 7.11. The van der Waals surface area contributed by atoms with Gasteiger partial charge in [-0.15, -0.1) is 0 Å². The van der Waals surface area contributed by atoms with Crippen LogP contribution in [0.1, 0.15) is 48.8 Å². The molecule has 0 amide bonds. The van der Waals surface area contributed by atoms with Crippen LogP contribution in [0.5, 0.6) is 5.75 Å². The number of hydrogen-bond acceptors (Lipinski definition) is 3. The first-order valence-electron chi connectivity index (χ1n) is 10.9. The molecule has 5 rings (SSSR count). The number of fused-ring (bicyclic) bond motifs is 1. The van der Waals surface area contributed by atoms with Gasteiger partial charge >= 0.3 is 5.97 Å². The van der Waals surface area contributed by atoms with Crippen LogP contribution in [-0.4, -0.2) is 40.6 Å². The number of hydrogen-bond donors (Lipinski definition) is 2. The minimum atomic E-state index is -1.35. The first-order valence-corrected chi connectivity index (χ1v) is 10.9. The van der Waals surface area contributed by atoms with Crippen LogP contribution in [0.25, 0.3) is 16.6 Å². The summed E-state index contributed by atoms with van der Waals surface area (Å²) in [6, 6.07) is 11.4. The van der Waals surface area contributed by atoms with E-state index in [4.69, 9.17) is 4.74 Å². The highest BCUT2D eigenvalue weighted by Crippen LogP contribution is 2.56. The van der Waals surface area contributed by atoms with E-state index in [1.165, 1.54) is 12.1 Å². The topological polar surface area (TPSA) is 71.7 Å². The molecule has 168 valence electrons. The van der Waals surface area contributed by atoms with Crippen molar-refractivity contribution in [3.63, 3.8) is 0 Å². The fraction of sp³-hybridized carbons (Fsp3) is 0.400. The Hall–Kier alpha value is -2.93. The Bertz CT molecular complexity index is 1160. The third-order valence-corrected chi connectivity index (χ3v) is 7.11. The highest BCUT2D eigenvalue weighted by atomic mass is 19.1. The molecule has 1 saturated heterocycles. The van der Waals surface area contributed by atoms with Gasteiger partial charge in [0, 0.05) is 35.9 Å². The second-order valence-corrected chi connectivity index (χ2v) is 9.02. The molecule has 0 spiro atoms. The molecule has 1 aliphatic heterocycles. The molecule has 0 bridgehead atoms. The van der Waals surface area contributed by atoms with Crippen molar-refractivity contribution in [1.29, 1.82) is 0 Å². The Morgan fingerprint density at radius 3 is 2.41 bits per heavy atom. The van der Waals surface area contributed by atoms with Crippen LogP contribution in [0.3, 0.4) is 0 Å². The Labute approximate surface area is 184 Å². The summed E-state index contributed by atoms with van der Waals surface area (Å²) in [6.07, 6.45) is 2.04. The number of rotatable bonds is 5. The van der Waals surface area contributed by atoms with E-state index in [1.54, 1.807) is 24.3 Å². The van der Waals surface area contributed by atoms with E-state index in [2.05, 4.69) is 4.57 Å². The van der Waals surface area contributed by atoms with Gasteiger partial charge in [0.05, 0.1) is 10.9 Å². The van der Waals surface area contributed by atoms with Gasteiger partial charge in [-0.05, 0) is 79.6 Å². The summed E-state index contributed by atoms with van der Waals surface area (Å²) in [7, 11) is 0. The number of carboxylic acids is 1. The molecule has 2 aromatic carbocycles. The summed E-state index contributed by atoms with van der Waals surface area (Å²) in [5, 5.41) is 20.7. The van der Waals surface area contributed by atoms with Gasteiger partial charge in [-0.2, -0.15) is 0 Å². The van der Waals surface area contributed by atoms with E-state index in [9.17, 15) is 23.8 Å². The second-order valence-electron chi connectivity index (χ2n) is 9.02. The number of alkyl halides is 1. The van der Waals surface area contributed by atoms with Crippen LogP contribution in [0, 0.1) is 11.2 Å². The maximum atomic E-state index is 13.7. The SMILES string of the molecule is O=C(O)[C@]1(CF)C[C@@H](c2c(C3CCOCC3)n(-c3ccc(F)cc3)c3ccc(O)cc32)C1. The molecule has 2 aliphatic rings. The van der Waals surface area contributed by atoms with Gasteiger partial charge in [0.25, 0.3) is 0 Å². The molecule has 3 aromatic rings. The monoisotopic (exact) mass is 441 g/mol. The van der Waals surface area contributed by atoms with Crippen LogP contribution in [-0.2, 0) is 9.53 Å². The van der Waals surface area contributed by atoms with Gasteiger partial charge in [-0.25, -0.2) is 8.78 Å². The molecule has 1 saturated carbocycles. The minimum Gasteiger partial charge on any atom is -0.508 e. The van der Waals surface area contributed by atoms with Crippen LogP contribution in [0.4, 0.5) is 8.78 Å². The van der Waals surface area contributed by atoms with Gasteiger partial charge in [-0.3, -0.25) is 4.79 Å². The lowest BCUT2D eigenvalue weighted by atomic mass is 9.59. The number of halogens is 2. The number of aromatic nitrogens is 1. The van der Waals surface area contributed by atoms with Crippen molar-refractivity contribution in [2.24, 2.45) is 5.41 Å². The number of phenolic OH excluding ortho intramolecular Hbond substituents is 1. The highest BCUT2D eigenvalue weighted by molar-refractivity contribution is 5.90. The van der Waals surface area contributed by atoms with Crippen molar-refractivity contribution in [1.82, 2.24) is 4.57 Å². The molecule has 2 heterocycles. The molecule has 0 radical (unpaired) electrons. The molecule has 1 aliphatic carbocycles. The zero-order valence-electron chi connectivity index (χ0n) is 17.6. The van der Waals surface area contributed by atoms with E-state index in [1.807, 2.05) is 6.07 Å². The van der Waals surface area contributed by atoms with Crippen LogP contribution < -0.4 is 0 Å². The van der Waals surface area contributed by atoms with Crippen molar-refractivity contribution >= 4 is 16.9 Å². The Morgan fingerprint density at radius 2 is 1.78 bits per heavy atom. The van der Waals surface area contributed by atoms with E-state index in [0.29, 0.717) is 13.2 Å². The quantitative estimate of drug-likeness (QED) is 0.565. The van der Waals surface area contributed by atoms with Gasteiger partial charge in [0.15, 0.2) is 0 Å². The molecular formula is C25H25F2NO4. The first-order chi connectivity index (χ1) is 15.4. The Kier molecular flexibility index (Phi) is 5.16. The number of ether oxygens (including phenoxy) is 1. The van der Waals surface area contributed by atoms with Gasteiger partial charge < -0.3 is 19.5 Å². The van der Waals surface area contributed by atoms with E-state index >= 15 is 0 Å². The summed E-state index contributed by atoms with van der Waals surface area (Å²) in [5.74, 6) is -1.30. The predicted molar refractivity (Wildman–Crippen MR) is 116 cm³/mol. The summed E-state index contributed by atoms with van der Waals surface area (Å²) in [4.78, 5) is 11.7. The van der Waals surface area contributed by atoms with Crippen molar-refractivity contribution in [3.05, 3.63) is 59.5 Å². The average Bonchev–Trinajstić information content (AvgIpc) is 3.08. The number of aliphatic carboxylic acids is 1. The van der Waals surface area contributed by atoms with Crippen molar-refractivity contribution in [2.45, 2.75) is 37.5 Å². The number of benzene rings is 2. The van der Waals surface area contributed by atoms with E-state index < -0.39 is 18.1 Å². The zero-order valence-corrected chi connectivity index (χ0v) is 17.6. The molecule has 32 heavy (non-hydrogen) atoms. The number of carboxylic acid groups (broad SMARTS) is 1. The normalized spacial score (nSPS) is 23.9. The summed E-state index contributed by atoms with van der Waals surface area (Å²) in [6.45, 7) is 0.344. The van der Waals surface area contributed by atoms with Crippen LogP contribution in [0.15, 0.2) is 42.5 Å². The molecule has 2 N–H and O–H groups in total. The van der Waals surface area contributed by atoms with Crippen molar-refractivity contribution < 1.29 is 28.5 Å². The van der Waals surface area contributed by atoms with Gasteiger partial charge in [0.2, 0.25) is 0 Å². The Balaban J connectivity index is 1.74. The summed E-state index contributed by atoms with van der Waals surface area (Å²) >= 11 is 0.